The molecular formula is C14H13BrN2O3. The van der Waals surface area contributed by atoms with Crippen molar-refractivity contribution in [3.63, 3.8) is 0 Å². The SMILES string of the molecule is O=C(O)c1ccc(Cn2ccn(C3CC3)c2=O)c(Br)c1. The number of carboxylic acids is 1. The molecule has 0 spiro atoms. The number of aromatic carboxylic acids is 1. The summed E-state index contributed by atoms with van der Waals surface area (Å²) in [5.41, 5.74) is 1.09. The molecule has 1 aliphatic rings. The molecule has 0 aliphatic heterocycles. The minimum absolute atomic E-state index is 0.0123. The van der Waals surface area contributed by atoms with Gasteiger partial charge < -0.3 is 5.11 Å². The van der Waals surface area contributed by atoms with Gasteiger partial charge in [-0.05, 0) is 30.5 Å². The van der Waals surface area contributed by atoms with Crippen LogP contribution in [0.1, 0.15) is 34.8 Å². The monoisotopic (exact) mass is 336 g/mol. The van der Waals surface area contributed by atoms with Crippen molar-refractivity contribution in [1.29, 1.82) is 0 Å². The minimum Gasteiger partial charge on any atom is -0.478 e. The summed E-state index contributed by atoms with van der Waals surface area (Å²) in [6.45, 7) is 0.430. The van der Waals surface area contributed by atoms with Crippen LogP contribution in [-0.2, 0) is 6.54 Å². The van der Waals surface area contributed by atoms with E-state index in [9.17, 15) is 9.59 Å². The fraction of sp³-hybridized carbons (Fsp3) is 0.286. The quantitative estimate of drug-likeness (QED) is 0.932. The van der Waals surface area contributed by atoms with E-state index >= 15 is 0 Å². The number of halogens is 1. The lowest BCUT2D eigenvalue weighted by Gasteiger charge is -2.06. The number of nitrogens with zero attached hydrogens (tertiary/aromatic N) is 2. The number of imidazole rings is 1. The maximum Gasteiger partial charge on any atom is 0.335 e. The molecule has 1 N–H and O–H groups in total. The molecule has 1 aliphatic carbocycles. The molecule has 0 unspecified atom stereocenters. The Bertz CT molecular complexity index is 728. The number of hydrogen-bond acceptors (Lipinski definition) is 2. The molecule has 0 bridgehead atoms. The third kappa shape index (κ3) is 2.43. The molecule has 0 radical (unpaired) electrons. The van der Waals surface area contributed by atoms with Crippen molar-refractivity contribution >= 4 is 21.9 Å². The molecule has 1 heterocycles. The van der Waals surface area contributed by atoms with Crippen molar-refractivity contribution in [3.8, 4) is 0 Å². The van der Waals surface area contributed by atoms with Gasteiger partial charge in [-0.3, -0.25) is 9.13 Å². The van der Waals surface area contributed by atoms with Gasteiger partial charge in [-0.25, -0.2) is 9.59 Å². The summed E-state index contributed by atoms with van der Waals surface area (Å²) in [6.07, 6.45) is 5.74. The highest BCUT2D eigenvalue weighted by atomic mass is 79.9. The van der Waals surface area contributed by atoms with E-state index in [1.807, 2.05) is 6.20 Å². The number of carbonyl (C=O) groups is 1. The third-order valence-electron chi connectivity index (χ3n) is 3.45. The van der Waals surface area contributed by atoms with E-state index in [0.717, 1.165) is 18.4 Å². The third-order valence-corrected chi connectivity index (χ3v) is 4.19. The molecule has 6 heteroatoms. The van der Waals surface area contributed by atoms with E-state index in [2.05, 4.69) is 15.9 Å². The number of aromatic nitrogens is 2. The predicted molar refractivity (Wildman–Crippen MR) is 77.2 cm³/mol. The first-order chi connectivity index (χ1) is 9.56. The Morgan fingerprint density at radius 3 is 2.70 bits per heavy atom. The highest BCUT2D eigenvalue weighted by Crippen LogP contribution is 2.33. The van der Waals surface area contributed by atoms with Crippen molar-refractivity contribution in [2.75, 3.05) is 0 Å². The van der Waals surface area contributed by atoms with Crippen LogP contribution in [0.5, 0.6) is 0 Å². The molecule has 1 aromatic heterocycles. The van der Waals surface area contributed by atoms with E-state index in [4.69, 9.17) is 5.11 Å². The van der Waals surface area contributed by atoms with E-state index < -0.39 is 5.97 Å². The lowest BCUT2D eigenvalue weighted by Crippen LogP contribution is -2.23. The molecule has 1 saturated carbocycles. The van der Waals surface area contributed by atoms with Crippen molar-refractivity contribution in [2.45, 2.75) is 25.4 Å². The highest BCUT2D eigenvalue weighted by molar-refractivity contribution is 9.10. The Kier molecular flexibility index (Phi) is 3.25. The van der Waals surface area contributed by atoms with E-state index in [1.165, 1.54) is 0 Å². The molecule has 2 aromatic rings. The van der Waals surface area contributed by atoms with Gasteiger partial charge in [-0.15, -0.1) is 0 Å². The molecule has 1 fully saturated rings. The summed E-state index contributed by atoms with van der Waals surface area (Å²) < 4.78 is 4.10. The Balaban J connectivity index is 1.87. The summed E-state index contributed by atoms with van der Waals surface area (Å²) >= 11 is 3.36. The number of carboxylic acid groups (broad SMARTS) is 1. The van der Waals surface area contributed by atoms with Crippen LogP contribution >= 0.6 is 15.9 Å². The van der Waals surface area contributed by atoms with Gasteiger partial charge in [0.05, 0.1) is 12.1 Å². The predicted octanol–water partition coefficient (Wildman–Crippen LogP) is 2.49. The first-order valence-electron chi connectivity index (χ1n) is 6.35. The topological polar surface area (TPSA) is 64.2 Å². The van der Waals surface area contributed by atoms with Crippen LogP contribution in [0.15, 0.2) is 39.9 Å². The average molecular weight is 337 g/mol. The Morgan fingerprint density at radius 2 is 2.10 bits per heavy atom. The zero-order valence-corrected chi connectivity index (χ0v) is 12.2. The van der Waals surface area contributed by atoms with Crippen LogP contribution in [0.3, 0.4) is 0 Å². The molecule has 1 aromatic carbocycles. The second-order valence-corrected chi connectivity index (χ2v) is 5.81. The van der Waals surface area contributed by atoms with Crippen LogP contribution in [0.2, 0.25) is 0 Å². The van der Waals surface area contributed by atoms with E-state index in [0.29, 0.717) is 17.1 Å². The van der Waals surface area contributed by atoms with Gasteiger partial charge in [0.2, 0.25) is 0 Å². The molecule has 0 atom stereocenters. The molecule has 0 amide bonds. The van der Waals surface area contributed by atoms with Gasteiger partial charge in [0.1, 0.15) is 0 Å². The summed E-state index contributed by atoms with van der Waals surface area (Å²) in [5, 5.41) is 8.93. The Morgan fingerprint density at radius 1 is 1.35 bits per heavy atom. The van der Waals surface area contributed by atoms with E-state index in [1.54, 1.807) is 33.5 Å². The zero-order chi connectivity index (χ0) is 14.3. The first kappa shape index (κ1) is 13.2. The number of benzene rings is 1. The van der Waals surface area contributed by atoms with Crippen LogP contribution in [0.4, 0.5) is 0 Å². The number of rotatable bonds is 4. The summed E-state index contributed by atoms with van der Waals surface area (Å²) in [4.78, 5) is 23.0. The second kappa shape index (κ2) is 4.94. The van der Waals surface area contributed by atoms with Crippen molar-refractivity contribution in [1.82, 2.24) is 9.13 Å². The molecule has 0 saturated heterocycles. The van der Waals surface area contributed by atoms with Crippen LogP contribution in [0, 0.1) is 0 Å². The maximum absolute atomic E-state index is 12.2. The maximum atomic E-state index is 12.2. The standard InChI is InChI=1S/C14H13BrN2O3/c15-12-7-9(13(18)19)1-2-10(12)8-16-5-6-17(14(16)20)11-3-4-11/h1-2,5-7,11H,3-4,8H2,(H,18,19). The Hall–Kier alpha value is -1.82. The van der Waals surface area contributed by atoms with Crippen LogP contribution < -0.4 is 5.69 Å². The largest absolute Gasteiger partial charge is 0.478 e. The van der Waals surface area contributed by atoms with Gasteiger partial charge in [0.15, 0.2) is 0 Å². The normalized spacial score (nSPS) is 14.4. The smallest absolute Gasteiger partial charge is 0.335 e. The van der Waals surface area contributed by atoms with Crippen LogP contribution in [-0.4, -0.2) is 20.2 Å². The van der Waals surface area contributed by atoms with Gasteiger partial charge in [-0.2, -0.15) is 0 Å². The molecular weight excluding hydrogens is 324 g/mol. The van der Waals surface area contributed by atoms with Crippen LogP contribution in [0.25, 0.3) is 0 Å². The molecule has 5 nitrogen and oxygen atoms in total. The summed E-state index contributed by atoms with van der Waals surface area (Å²) in [6, 6.07) is 5.20. The van der Waals surface area contributed by atoms with Crippen molar-refractivity contribution < 1.29 is 9.90 Å². The van der Waals surface area contributed by atoms with Gasteiger partial charge in [0.25, 0.3) is 0 Å². The van der Waals surface area contributed by atoms with Gasteiger partial charge in [0, 0.05) is 22.9 Å². The fourth-order valence-electron chi connectivity index (χ4n) is 2.17. The van der Waals surface area contributed by atoms with Crippen molar-refractivity contribution in [2.24, 2.45) is 0 Å². The molecule has 20 heavy (non-hydrogen) atoms. The Labute approximate surface area is 123 Å². The zero-order valence-electron chi connectivity index (χ0n) is 10.6. The number of hydrogen-bond donors (Lipinski definition) is 1. The molecule has 3 rings (SSSR count). The minimum atomic E-state index is -0.964. The van der Waals surface area contributed by atoms with Gasteiger partial charge in [-0.1, -0.05) is 22.0 Å². The fourth-order valence-corrected chi connectivity index (χ4v) is 2.68. The highest BCUT2D eigenvalue weighted by Gasteiger charge is 2.25. The summed E-state index contributed by atoms with van der Waals surface area (Å²) in [5.74, 6) is -0.964. The lowest BCUT2D eigenvalue weighted by molar-refractivity contribution is 0.0697. The molecule has 104 valence electrons. The first-order valence-corrected chi connectivity index (χ1v) is 7.14. The van der Waals surface area contributed by atoms with Gasteiger partial charge >= 0.3 is 11.7 Å². The van der Waals surface area contributed by atoms with Crippen molar-refractivity contribution in [3.05, 3.63) is 56.7 Å². The summed E-state index contributed by atoms with van der Waals surface area (Å²) in [7, 11) is 0. The second-order valence-electron chi connectivity index (χ2n) is 4.96. The van der Waals surface area contributed by atoms with E-state index in [-0.39, 0.29) is 11.3 Å². The average Bonchev–Trinajstić information content (AvgIpc) is 3.18. The lowest BCUT2D eigenvalue weighted by atomic mass is 10.1.